The molecular formula is C19H13ClN2O3S. The molecule has 2 fully saturated rings. The number of carbonyl (C=O) groups is 3. The van der Waals surface area contributed by atoms with E-state index in [1.807, 2.05) is 40.6 Å². The highest BCUT2D eigenvalue weighted by molar-refractivity contribution is 7.12. The van der Waals surface area contributed by atoms with Crippen molar-refractivity contribution in [3.8, 4) is 0 Å². The second-order valence-corrected chi connectivity index (χ2v) is 8.04. The number of nitrogens with one attached hydrogen (secondary N) is 1. The molecule has 1 aromatic carbocycles. The van der Waals surface area contributed by atoms with Crippen LogP contribution in [0.2, 0.25) is 5.02 Å². The first-order valence-electron chi connectivity index (χ1n) is 8.25. The number of hydrogen-bond donors (Lipinski definition) is 1. The summed E-state index contributed by atoms with van der Waals surface area (Å²) in [4.78, 5) is 40.7. The van der Waals surface area contributed by atoms with Gasteiger partial charge >= 0.3 is 0 Å². The van der Waals surface area contributed by atoms with Crippen LogP contribution in [-0.4, -0.2) is 29.7 Å². The van der Waals surface area contributed by atoms with Gasteiger partial charge < -0.3 is 4.90 Å². The highest BCUT2D eigenvalue weighted by Gasteiger charge is 2.61. The number of halogens is 1. The topological polar surface area (TPSA) is 66.5 Å². The number of imide groups is 1. The number of nitrogens with zero attached hydrogens (tertiary/aromatic N) is 1. The fourth-order valence-corrected chi connectivity index (χ4v) is 5.20. The van der Waals surface area contributed by atoms with Crippen molar-refractivity contribution in [1.29, 1.82) is 0 Å². The number of anilines is 1. The Balaban J connectivity index is 1.69. The molecule has 0 bridgehead atoms. The van der Waals surface area contributed by atoms with Crippen LogP contribution < -0.4 is 10.2 Å². The molecule has 1 N–H and O–H groups in total. The number of fused-ring (bicyclic) bond motifs is 5. The van der Waals surface area contributed by atoms with Crippen LogP contribution in [0.3, 0.4) is 0 Å². The van der Waals surface area contributed by atoms with Crippen LogP contribution in [-0.2, 0) is 9.59 Å². The average Bonchev–Trinajstić information content (AvgIpc) is 3.31. The lowest BCUT2D eigenvalue weighted by molar-refractivity contribution is -0.126. The molecule has 0 spiro atoms. The van der Waals surface area contributed by atoms with E-state index < -0.39 is 17.9 Å². The van der Waals surface area contributed by atoms with E-state index in [1.165, 1.54) is 11.3 Å². The summed E-state index contributed by atoms with van der Waals surface area (Å²) in [5.74, 6) is -2.05. The van der Waals surface area contributed by atoms with Gasteiger partial charge in [-0.3, -0.25) is 19.7 Å². The summed E-state index contributed by atoms with van der Waals surface area (Å²) in [6.45, 7) is 0. The third kappa shape index (κ3) is 2.06. The summed E-state index contributed by atoms with van der Waals surface area (Å²) in [5.41, 5.74) is 1.71. The molecule has 3 aliphatic heterocycles. The van der Waals surface area contributed by atoms with Crippen molar-refractivity contribution >= 4 is 52.3 Å². The summed E-state index contributed by atoms with van der Waals surface area (Å²) >= 11 is 7.45. The van der Waals surface area contributed by atoms with Gasteiger partial charge in [0.2, 0.25) is 11.8 Å². The molecule has 4 heterocycles. The Morgan fingerprint density at radius 1 is 1.15 bits per heavy atom. The highest BCUT2D eigenvalue weighted by atomic mass is 35.5. The molecule has 0 unspecified atom stereocenters. The third-order valence-corrected chi connectivity index (χ3v) is 6.46. The number of Topliss-reactive ketones (excluding diaryl/α,β-unsaturated/α-hetero) is 1. The van der Waals surface area contributed by atoms with Crippen molar-refractivity contribution in [1.82, 2.24) is 5.32 Å². The van der Waals surface area contributed by atoms with E-state index in [0.717, 1.165) is 11.3 Å². The molecule has 0 aliphatic carbocycles. The first-order valence-corrected chi connectivity index (χ1v) is 9.50. The summed E-state index contributed by atoms with van der Waals surface area (Å²) in [7, 11) is 0. The Kier molecular flexibility index (Phi) is 3.36. The van der Waals surface area contributed by atoms with Crippen LogP contribution in [0.15, 0.2) is 41.8 Å². The predicted molar refractivity (Wildman–Crippen MR) is 99.3 cm³/mol. The molecule has 7 heteroatoms. The quantitative estimate of drug-likeness (QED) is 0.638. The normalized spacial score (nSPS) is 28.6. The van der Waals surface area contributed by atoms with E-state index in [4.69, 9.17) is 11.6 Å². The molecule has 130 valence electrons. The van der Waals surface area contributed by atoms with Gasteiger partial charge in [-0.15, -0.1) is 11.3 Å². The van der Waals surface area contributed by atoms with Gasteiger partial charge in [0, 0.05) is 10.7 Å². The second-order valence-electron chi connectivity index (χ2n) is 6.65. The molecule has 2 aromatic rings. The number of thiophene rings is 1. The summed E-state index contributed by atoms with van der Waals surface area (Å²) in [6.07, 6.45) is 3.81. The second kappa shape index (κ2) is 5.53. The molecule has 5 nitrogen and oxygen atoms in total. The van der Waals surface area contributed by atoms with Crippen molar-refractivity contribution in [2.45, 2.75) is 12.1 Å². The molecule has 4 atom stereocenters. The number of hydrogen-bond acceptors (Lipinski definition) is 5. The maximum atomic E-state index is 13.3. The Bertz CT molecular complexity index is 985. The van der Waals surface area contributed by atoms with Gasteiger partial charge in [-0.05, 0) is 35.2 Å². The van der Waals surface area contributed by atoms with Crippen LogP contribution in [0.4, 0.5) is 5.69 Å². The fourth-order valence-electron chi connectivity index (χ4n) is 4.33. The summed E-state index contributed by atoms with van der Waals surface area (Å²) in [5, 5.41) is 4.84. The Morgan fingerprint density at radius 3 is 2.73 bits per heavy atom. The molecule has 1 aromatic heterocycles. The van der Waals surface area contributed by atoms with Crippen LogP contribution in [0.25, 0.3) is 6.08 Å². The molecule has 0 radical (unpaired) electrons. The van der Waals surface area contributed by atoms with E-state index in [-0.39, 0.29) is 23.6 Å². The van der Waals surface area contributed by atoms with Gasteiger partial charge in [0.05, 0.1) is 22.8 Å². The monoisotopic (exact) mass is 384 g/mol. The molecule has 26 heavy (non-hydrogen) atoms. The van der Waals surface area contributed by atoms with Crippen LogP contribution in [0.5, 0.6) is 0 Å². The average molecular weight is 385 g/mol. The number of amides is 2. The van der Waals surface area contributed by atoms with Gasteiger partial charge in [0.15, 0.2) is 5.78 Å². The lowest BCUT2D eigenvalue weighted by Crippen LogP contribution is -2.47. The zero-order valence-corrected chi connectivity index (χ0v) is 15.0. The largest absolute Gasteiger partial charge is 0.352 e. The van der Waals surface area contributed by atoms with Crippen molar-refractivity contribution < 1.29 is 14.4 Å². The molecular weight excluding hydrogens is 372 g/mol. The van der Waals surface area contributed by atoms with Crippen LogP contribution >= 0.6 is 22.9 Å². The number of ketones is 1. The van der Waals surface area contributed by atoms with Gasteiger partial charge in [-0.1, -0.05) is 29.8 Å². The molecule has 2 amide bonds. The number of rotatable bonds is 2. The summed E-state index contributed by atoms with van der Waals surface area (Å²) in [6, 6.07) is 7.98. The predicted octanol–water partition coefficient (Wildman–Crippen LogP) is 2.76. The lowest BCUT2D eigenvalue weighted by atomic mass is 9.87. The van der Waals surface area contributed by atoms with E-state index >= 15 is 0 Å². The van der Waals surface area contributed by atoms with Gasteiger partial charge in [-0.25, -0.2) is 0 Å². The minimum Gasteiger partial charge on any atom is -0.352 e. The zero-order chi connectivity index (χ0) is 18.0. The van der Waals surface area contributed by atoms with Gasteiger partial charge in [0.25, 0.3) is 0 Å². The van der Waals surface area contributed by atoms with Crippen molar-refractivity contribution in [3.05, 3.63) is 57.3 Å². The first-order chi connectivity index (χ1) is 12.6. The van der Waals surface area contributed by atoms with Crippen molar-refractivity contribution in [2.24, 2.45) is 11.8 Å². The molecule has 3 aliphatic rings. The Labute approximate surface area is 158 Å². The SMILES string of the molecule is O=C1NC(=O)[C@@H]2[C@@H]1[C@H]1C=Cc3cc(Cl)ccc3N1[C@@H]2C(=O)c1cccs1. The maximum Gasteiger partial charge on any atom is 0.233 e. The zero-order valence-electron chi connectivity index (χ0n) is 13.4. The maximum absolute atomic E-state index is 13.3. The molecule has 0 saturated carbocycles. The minimum atomic E-state index is -0.708. The fraction of sp³-hybridized carbons (Fsp3) is 0.211. The number of benzene rings is 1. The Morgan fingerprint density at radius 2 is 1.96 bits per heavy atom. The van der Waals surface area contributed by atoms with Crippen molar-refractivity contribution in [3.63, 3.8) is 0 Å². The molecule has 2 saturated heterocycles. The summed E-state index contributed by atoms with van der Waals surface area (Å²) < 4.78 is 0. The van der Waals surface area contributed by atoms with Crippen molar-refractivity contribution in [2.75, 3.05) is 4.90 Å². The third-order valence-electron chi connectivity index (χ3n) is 5.34. The Hall–Kier alpha value is -2.44. The van der Waals surface area contributed by atoms with E-state index in [2.05, 4.69) is 5.32 Å². The van der Waals surface area contributed by atoms with Crippen LogP contribution in [0, 0.1) is 11.8 Å². The molecule has 5 rings (SSSR count). The van der Waals surface area contributed by atoms with E-state index in [9.17, 15) is 14.4 Å². The standard InChI is InChI=1S/C19H13ClN2O3S/c20-10-4-6-11-9(8-10)3-5-12-14-15(19(25)21-18(14)24)16(22(11)12)17(23)13-2-1-7-26-13/h1-8,12,14-16H,(H,21,24,25)/t12-,14+,15-,16+/m1/s1. The highest BCUT2D eigenvalue weighted by Crippen LogP contribution is 2.47. The smallest absolute Gasteiger partial charge is 0.233 e. The van der Waals surface area contributed by atoms with Gasteiger partial charge in [-0.2, -0.15) is 0 Å². The number of carbonyl (C=O) groups excluding carboxylic acids is 3. The van der Waals surface area contributed by atoms with E-state index in [1.54, 1.807) is 12.1 Å². The minimum absolute atomic E-state index is 0.126. The first kappa shape index (κ1) is 15.8. The lowest BCUT2D eigenvalue weighted by Gasteiger charge is -2.35. The van der Waals surface area contributed by atoms with Crippen LogP contribution in [0.1, 0.15) is 15.2 Å². The van der Waals surface area contributed by atoms with E-state index in [0.29, 0.717) is 9.90 Å². The van der Waals surface area contributed by atoms with Gasteiger partial charge in [0.1, 0.15) is 6.04 Å².